The van der Waals surface area contributed by atoms with E-state index in [-0.39, 0.29) is 12.0 Å². The maximum absolute atomic E-state index is 10.7. The van der Waals surface area contributed by atoms with Crippen LogP contribution in [-0.4, -0.2) is 43.5 Å². The summed E-state index contributed by atoms with van der Waals surface area (Å²) >= 11 is 0. The molecule has 14 heavy (non-hydrogen) atoms. The molecule has 1 aliphatic heterocycles. The van der Waals surface area contributed by atoms with Crippen LogP contribution in [0.1, 0.15) is 18.7 Å². The van der Waals surface area contributed by atoms with Crippen molar-refractivity contribution in [2.24, 2.45) is 7.05 Å². The van der Waals surface area contributed by atoms with Crippen LogP contribution in [0.25, 0.3) is 0 Å². The first-order valence-electron chi connectivity index (χ1n) is 4.44. The number of carbonyl (C=O) groups is 1. The Morgan fingerprint density at radius 3 is 2.86 bits per heavy atom. The highest BCUT2D eigenvalue weighted by Crippen LogP contribution is 2.32. The zero-order chi connectivity index (χ0) is 10.3. The van der Waals surface area contributed by atoms with Gasteiger partial charge in [0.1, 0.15) is 12.2 Å². The monoisotopic (exact) mass is 196 g/mol. The smallest absolute Gasteiger partial charge is 0.407 e. The zero-order valence-electron chi connectivity index (χ0n) is 8.08. The molecule has 1 aromatic rings. The second-order valence-electron chi connectivity index (χ2n) is 3.58. The molecular formula is C8H12N4O2. The molecule has 6 nitrogen and oxygen atoms in total. The van der Waals surface area contributed by atoms with E-state index in [1.54, 1.807) is 6.33 Å². The predicted octanol–water partition coefficient (Wildman–Crippen LogP) is 0.281. The fraction of sp³-hybridized carbons (Fsp3) is 0.625. The molecule has 0 bridgehead atoms. The number of hydrogen-bond acceptors (Lipinski definition) is 3. The molecule has 0 aromatic carbocycles. The van der Waals surface area contributed by atoms with Crippen LogP contribution in [0.15, 0.2) is 6.33 Å². The van der Waals surface area contributed by atoms with Crippen molar-refractivity contribution in [1.29, 1.82) is 0 Å². The lowest BCUT2D eigenvalue weighted by atomic mass is 9.89. The predicted molar refractivity (Wildman–Crippen MR) is 47.9 cm³/mol. The Kier molecular flexibility index (Phi) is 1.90. The van der Waals surface area contributed by atoms with Crippen LogP contribution in [-0.2, 0) is 7.05 Å². The van der Waals surface area contributed by atoms with Gasteiger partial charge in [0.05, 0.1) is 5.92 Å². The van der Waals surface area contributed by atoms with Crippen molar-refractivity contribution in [1.82, 2.24) is 19.7 Å². The molecule has 76 valence electrons. The third-order valence-electron chi connectivity index (χ3n) is 2.79. The van der Waals surface area contributed by atoms with Gasteiger partial charge >= 0.3 is 6.09 Å². The van der Waals surface area contributed by atoms with Gasteiger partial charge in [-0.15, -0.1) is 10.2 Å². The van der Waals surface area contributed by atoms with E-state index in [0.717, 1.165) is 5.82 Å². The topological polar surface area (TPSA) is 71.2 Å². The molecule has 0 aliphatic carbocycles. The Morgan fingerprint density at radius 2 is 2.43 bits per heavy atom. The molecule has 2 rings (SSSR count). The van der Waals surface area contributed by atoms with Crippen molar-refractivity contribution in [3.05, 3.63) is 12.2 Å². The minimum atomic E-state index is -0.865. The quantitative estimate of drug-likeness (QED) is 0.700. The van der Waals surface area contributed by atoms with Gasteiger partial charge < -0.3 is 14.6 Å². The van der Waals surface area contributed by atoms with E-state index in [2.05, 4.69) is 10.2 Å². The number of likely N-dealkylation sites (tertiary alicyclic amines) is 1. The standard InChI is InChI=1S/C8H12N4O2/c1-5-6(3-12(5)8(13)14)7-10-9-4-11(7)2/h4-6H,3H2,1-2H3,(H,13,14)/t5-,6+/m0/s1. The van der Waals surface area contributed by atoms with Gasteiger partial charge in [-0.05, 0) is 6.92 Å². The van der Waals surface area contributed by atoms with Gasteiger partial charge in [0.25, 0.3) is 0 Å². The third-order valence-corrected chi connectivity index (χ3v) is 2.79. The van der Waals surface area contributed by atoms with Crippen molar-refractivity contribution < 1.29 is 9.90 Å². The van der Waals surface area contributed by atoms with Gasteiger partial charge in [0, 0.05) is 19.6 Å². The molecule has 0 spiro atoms. The molecule has 1 fully saturated rings. The van der Waals surface area contributed by atoms with Crippen LogP contribution in [0, 0.1) is 0 Å². The maximum Gasteiger partial charge on any atom is 0.407 e. The Morgan fingerprint density at radius 1 is 1.71 bits per heavy atom. The van der Waals surface area contributed by atoms with Gasteiger partial charge in [-0.1, -0.05) is 0 Å². The van der Waals surface area contributed by atoms with Crippen LogP contribution in [0.3, 0.4) is 0 Å². The highest BCUT2D eigenvalue weighted by molar-refractivity contribution is 5.67. The SMILES string of the molecule is C[C@H]1[C@H](c2nncn2C)CN1C(=O)O. The lowest BCUT2D eigenvalue weighted by molar-refractivity contribution is 0.0609. The van der Waals surface area contributed by atoms with E-state index in [1.165, 1.54) is 4.90 Å². The summed E-state index contributed by atoms with van der Waals surface area (Å²) in [5.74, 6) is 1.04. The van der Waals surface area contributed by atoms with Crippen molar-refractivity contribution >= 4 is 6.09 Å². The number of amides is 1. The molecule has 1 aliphatic rings. The molecule has 0 saturated carbocycles. The van der Waals surface area contributed by atoms with Gasteiger partial charge in [-0.2, -0.15) is 0 Å². The molecule has 0 unspecified atom stereocenters. The van der Waals surface area contributed by atoms with E-state index in [0.29, 0.717) is 6.54 Å². The Labute approximate surface area is 81.2 Å². The number of nitrogens with zero attached hydrogens (tertiary/aromatic N) is 4. The van der Waals surface area contributed by atoms with E-state index in [1.807, 2.05) is 18.5 Å². The Bertz CT molecular complexity index is 362. The number of carboxylic acid groups (broad SMARTS) is 1. The Hall–Kier alpha value is -1.59. The van der Waals surface area contributed by atoms with Crippen LogP contribution in [0.4, 0.5) is 4.79 Å². The highest BCUT2D eigenvalue weighted by Gasteiger charge is 2.41. The number of aromatic nitrogens is 3. The van der Waals surface area contributed by atoms with Crippen LogP contribution >= 0.6 is 0 Å². The van der Waals surface area contributed by atoms with Crippen molar-refractivity contribution in [2.45, 2.75) is 18.9 Å². The van der Waals surface area contributed by atoms with E-state index < -0.39 is 6.09 Å². The van der Waals surface area contributed by atoms with Gasteiger partial charge in [0.2, 0.25) is 0 Å². The summed E-state index contributed by atoms with van der Waals surface area (Å²) in [6.07, 6.45) is 0.766. The molecule has 0 radical (unpaired) electrons. The molecule has 1 aromatic heterocycles. The summed E-state index contributed by atoms with van der Waals surface area (Å²) in [6, 6.07) is -0.00426. The lowest BCUT2D eigenvalue weighted by Gasteiger charge is -2.43. The van der Waals surface area contributed by atoms with E-state index in [4.69, 9.17) is 5.11 Å². The zero-order valence-corrected chi connectivity index (χ0v) is 8.08. The van der Waals surface area contributed by atoms with Crippen molar-refractivity contribution in [2.75, 3.05) is 6.54 Å². The fourth-order valence-corrected chi connectivity index (χ4v) is 1.79. The number of rotatable bonds is 1. The van der Waals surface area contributed by atoms with Crippen LogP contribution in [0.5, 0.6) is 0 Å². The van der Waals surface area contributed by atoms with E-state index >= 15 is 0 Å². The molecule has 1 amide bonds. The Balaban J connectivity index is 2.12. The van der Waals surface area contributed by atoms with Crippen LogP contribution in [0.2, 0.25) is 0 Å². The average molecular weight is 196 g/mol. The minimum absolute atomic E-state index is 0.00426. The molecule has 1 N–H and O–H groups in total. The van der Waals surface area contributed by atoms with Gasteiger partial charge in [-0.3, -0.25) is 0 Å². The largest absolute Gasteiger partial charge is 0.465 e. The van der Waals surface area contributed by atoms with Crippen LogP contribution < -0.4 is 0 Å². The second kappa shape index (κ2) is 2.97. The van der Waals surface area contributed by atoms with Crippen molar-refractivity contribution in [3.8, 4) is 0 Å². The number of aryl methyl sites for hydroxylation is 1. The first-order chi connectivity index (χ1) is 6.61. The minimum Gasteiger partial charge on any atom is -0.465 e. The normalized spacial score (nSPS) is 26.0. The summed E-state index contributed by atoms with van der Waals surface area (Å²) in [6.45, 7) is 2.40. The molecule has 1 saturated heterocycles. The first-order valence-corrected chi connectivity index (χ1v) is 4.44. The molecular weight excluding hydrogens is 184 g/mol. The average Bonchev–Trinajstić information content (AvgIpc) is 2.49. The maximum atomic E-state index is 10.7. The van der Waals surface area contributed by atoms with Crippen molar-refractivity contribution in [3.63, 3.8) is 0 Å². The summed E-state index contributed by atoms with van der Waals surface area (Å²) < 4.78 is 1.83. The molecule has 6 heteroatoms. The van der Waals surface area contributed by atoms with E-state index in [9.17, 15) is 4.79 Å². The summed E-state index contributed by atoms with van der Waals surface area (Å²) in [7, 11) is 1.87. The summed E-state index contributed by atoms with van der Waals surface area (Å²) in [5.41, 5.74) is 0. The summed E-state index contributed by atoms with van der Waals surface area (Å²) in [4.78, 5) is 12.1. The fourth-order valence-electron chi connectivity index (χ4n) is 1.79. The second-order valence-corrected chi connectivity index (χ2v) is 3.58. The first kappa shape index (κ1) is 8.98. The molecule has 2 atom stereocenters. The summed E-state index contributed by atoms with van der Waals surface area (Å²) in [5, 5.41) is 16.5. The highest BCUT2D eigenvalue weighted by atomic mass is 16.4. The number of hydrogen-bond donors (Lipinski definition) is 1. The molecule has 2 heterocycles. The lowest BCUT2D eigenvalue weighted by Crippen LogP contribution is -2.55. The van der Waals surface area contributed by atoms with Gasteiger partial charge in [-0.25, -0.2) is 4.79 Å². The van der Waals surface area contributed by atoms with Gasteiger partial charge in [0.15, 0.2) is 0 Å². The third kappa shape index (κ3) is 1.14.